The highest BCUT2D eigenvalue weighted by atomic mass is 32.1. The molecule has 1 unspecified atom stereocenters. The van der Waals surface area contributed by atoms with Crippen LogP contribution < -0.4 is 29.1 Å². The minimum atomic E-state index is -0.668. The van der Waals surface area contributed by atoms with Crippen LogP contribution in [0.15, 0.2) is 63.5 Å². The van der Waals surface area contributed by atoms with E-state index >= 15 is 0 Å². The van der Waals surface area contributed by atoms with Crippen LogP contribution in [0.25, 0.3) is 6.08 Å². The highest BCUT2D eigenvalue weighted by Gasteiger charge is 2.33. The molecule has 0 radical (unpaired) electrons. The Morgan fingerprint density at radius 3 is 2.58 bits per heavy atom. The Bertz CT molecular complexity index is 1520. The van der Waals surface area contributed by atoms with Gasteiger partial charge in [-0.05, 0) is 62.2 Å². The number of carbonyl (C=O) groups excluding carboxylic acids is 1. The molecule has 3 heterocycles. The van der Waals surface area contributed by atoms with Crippen molar-refractivity contribution in [1.82, 2.24) is 4.57 Å². The van der Waals surface area contributed by atoms with Gasteiger partial charge in [-0.15, -0.1) is 0 Å². The summed E-state index contributed by atoms with van der Waals surface area (Å²) in [6.07, 6.45) is 1.81. The first-order valence-corrected chi connectivity index (χ1v) is 12.6. The van der Waals surface area contributed by atoms with Gasteiger partial charge in [0.05, 0.1) is 35.1 Å². The molecule has 0 fully saturated rings. The molecule has 0 bridgehead atoms. The third-order valence-corrected chi connectivity index (χ3v) is 6.87. The minimum Gasteiger partial charge on any atom is -0.494 e. The first-order chi connectivity index (χ1) is 17.5. The predicted octanol–water partition coefficient (Wildman–Crippen LogP) is 2.97. The number of fused-ring (bicyclic) bond motifs is 2. The maximum absolute atomic E-state index is 13.7. The Labute approximate surface area is 211 Å². The van der Waals surface area contributed by atoms with Crippen LogP contribution >= 0.6 is 11.3 Å². The van der Waals surface area contributed by atoms with Gasteiger partial charge in [-0.3, -0.25) is 9.36 Å². The monoisotopic (exact) mass is 506 g/mol. The summed E-state index contributed by atoms with van der Waals surface area (Å²) < 4.78 is 24.3. The number of carbonyl (C=O) groups is 1. The SMILES string of the molecule is CCOC(=O)C1=C(C)N=c2s/c(=C\c3ccc4c(c3)OCCO4)c(=O)n2C1c1ccc(OCC)cc1. The van der Waals surface area contributed by atoms with Crippen LogP contribution in [0.3, 0.4) is 0 Å². The van der Waals surface area contributed by atoms with Crippen LogP contribution in [0.1, 0.15) is 37.9 Å². The van der Waals surface area contributed by atoms with Crippen molar-refractivity contribution in [3.8, 4) is 17.2 Å². The Balaban J connectivity index is 1.65. The number of ether oxygens (including phenoxy) is 4. The molecule has 2 aliphatic heterocycles. The van der Waals surface area contributed by atoms with E-state index in [2.05, 4.69) is 4.99 Å². The number of hydrogen-bond donors (Lipinski definition) is 0. The third-order valence-electron chi connectivity index (χ3n) is 5.89. The van der Waals surface area contributed by atoms with Gasteiger partial charge in [-0.25, -0.2) is 9.79 Å². The second-order valence-electron chi connectivity index (χ2n) is 8.21. The molecular weight excluding hydrogens is 480 g/mol. The molecule has 0 spiro atoms. The van der Waals surface area contributed by atoms with Crippen molar-refractivity contribution in [2.45, 2.75) is 26.8 Å². The minimum absolute atomic E-state index is 0.222. The summed E-state index contributed by atoms with van der Waals surface area (Å²) in [5.74, 6) is 1.56. The highest BCUT2D eigenvalue weighted by Crippen LogP contribution is 2.32. The van der Waals surface area contributed by atoms with Gasteiger partial charge in [0.1, 0.15) is 19.0 Å². The van der Waals surface area contributed by atoms with Crippen LogP contribution in [0.4, 0.5) is 0 Å². The quantitative estimate of drug-likeness (QED) is 0.478. The van der Waals surface area contributed by atoms with Crippen molar-refractivity contribution in [1.29, 1.82) is 0 Å². The fraction of sp³-hybridized carbons (Fsp3) is 0.296. The molecular formula is C27H26N2O6S. The second-order valence-corrected chi connectivity index (χ2v) is 9.22. The standard InChI is InChI=1S/C27H26N2O6S/c1-4-32-19-9-7-18(8-10-19)24-23(26(31)33-5-2)16(3)28-27-29(24)25(30)22(36-27)15-17-6-11-20-21(14-17)35-13-12-34-20/h6-11,14-15,24H,4-5,12-13H2,1-3H3/b22-15-. The summed E-state index contributed by atoms with van der Waals surface area (Å²) in [5.41, 5.74) is 2.21. The third kappa shape index (κ3) is 4.42. The molecule has 3 aromatic rings. The molecule has 1 aromatic heterocycles. The van der Waals surface area contributed by atoms with Crippen LogP contribution in [0, 0.1) is 0 Å². The molecule has 0 saturated heterocycles. The molecule has 8 nitrogen and oxygen atoms in total. The lowest BCUT2D eigenvalue weighted by Gasteiger charge is -2.24. The molecule has 2 aliphatic rings. The average Bonchev–Trinajstić information content (AvgIpc) is 3.18. The lowest BCUT2D eigenvalue weighted by atomic mass is 9.96. The van der Waals surface area contributed by atoms with E-state index in [9.17, 15) is 9.59 Å². The van der Waals surface area contributed by atoms with Gasteiger partial charge >= 0.3 is 5.97 Å². The highest BCUT2D eigenvalue weighted by molar-refractivity contribution is 7.07. The fourth-order valence-electron chi connectivity index (χ4n) is 4.32. The Kier molecular flexibility index (Phi) is 6.65. The van der Waals surface area contributed by atoms with Crippen molar-refractivity contribution in [2.75, 3.05) is 26.4 Å². The van der Waals surface area contributed by atoms with Gasteiger partial charge in [0.25, 0.3) is 5.56 Å². The zero-order valence-corrected chi connectivity index (χ0v) is 21.1. The van der Waals surface area contributed by atoms with Crippen molar-refractivity contribution < 1.29 is 23.7 Å². The maximum atomic E-state index is 13.7. The smallest absolute Gasteiger partial charge is 0.338 e. The first kappa shape index (κ1) is 23.9. The number of thiazole rings is 1. The molecule has 0 amide bonds. The molecule has 5 rings (SSSR count). The average molecular weight is 507 g/mol. The van der Waals surface area contributed by atoms with Crippen molar-refractivity contribution >= 4 is 23.4 Å². The van der Waals surface area contributed by atoms with Crippen LogP contribution in [-0.2, 0) is 9.53 Å². The van der Waals surface area contributed by atoms with Crippen LogP contribution in [0.2, 0.25) is 0 Å². The van der Waals surface area contributed by atoms with Crippen LogP contribution in [-0.4, -0.2) is 37.0 Å². The fourth-order valence-corrected chi connectivity index (χ4v) is 5.37. The summed E-state index contributed by atoms with van der Waals surface area (Å²) in [4.78, 5) is 31.9. The molecule has 1 atom stereocenters. The number of allylic oxidation sites excluding steroid dienone is 1. The predicted molar refractivity (Wildman–Crippen MR) is 135 cm³/mol. The van der Waals surface area contributed by atoms with Gasteiger partial charge < -0.3 is 18.9 Å². The van der Waals surface area contributed by atoms with E-state index in [-0.39, 0.29) is 12.2 Å². The van der Waals surface area contributed by atoms with Crippen molar-refractivity contribution in [3.63, 3.8) is 0 Å². The number of rotatable bonds is 6. The summed E-state index contributed by atoms with van der Waals surface area (Å²) in [6.45, 7) is 7.20. The number of benzene rings is 2. The van der Waals surface area contributed by atoms with E-state index < -0.39 is 12.0 Å². The first-order valence-electron chi connectivity index (χ1n) is 11.8. The molecule has 0 saturated carbocycles. The Hall–Kier alpha value is -3.85. The van der Waals surface area contributed by atoms with Crippen molar-refractivity contribution in [2.24, 2.45) is 4.99 Å². The maximum Gasteiger partial charge on any atom is 0.338 e. The number of aromatic nitrogens is 1. The lowest BCUT2D eigenvalue weighted by Crippen LogP contribution is -2.39. The number of hydrogen-bond acceptors (Lipinski definition) is 8. The molecule has 2 aromatic carbocycles. The molecule has 36 heavy (non-hydrogen) atoms. The summed E-state index contributed by atoms with van der Waals surface area (Å²) >= 11 is 1.28. The Morgan fingerprint density at radius 1 is 1.11 bits per heavy atom. The van der Waals surface area contributed by atoms with Crippen molar-refractivity contribution in [3.05, 3.63) is 84.5 Å². The number of esters is 1. The largest absolute Gasteiger partial charge is 0.494 e. The summed E-state index contributed by atoms with van der Waals surface area (Å²) in [5, 5.41) is 0. The topological polar surface area (TPSA) is 88.4 Å². The normalized spacial score (nSPS) is 16.9. The van der Waals surface area contributed by atoms with E-state index in [1.165, 1.54) is 11.3 Å². The molecule has 0 N–H and O–H groups in total. The molecule has 186 valence electrons. The van der Waals surface area contributed by atoms with E-state index in [0.717, 1.165) is 11.1 Å². The van der Waals surface area contributed by atoms with E-state index in [4.69, 9.17) is 18.9 Å². The van der Waals surface area contributed by atoms with Crippen LogP contribution in [0.5, 0.6) is 17.2 Å². The van der Waals surface area contributed by atoms with E-state index in [1.807, 2.05) is 49.4 Å². The lowest BCUT2D eigenvalue weighted by molar-refractivity contribution is -0.139. The van der Waals surface area contributed by atoms with Gasteiger partial charge in [-0.1, -0.05) is 29.5 Å². The van der Waals surface area contributed by atoms with Gasteiger partial charge in [0.15, 0.2) is 16.3 Å². The second kappa shape index (κ2) is 10.0. The Morgan fingerprint density at radius 2 is 1.86 bits per heavy atom. The number of nitrogens with zero attached hydrogens (tertiary/aromatic N) is 2. The zero-order chi connectivity index (χ0) is 25.2. The zero-order valence-electron chi connectivity index (χ0n) is 20.3. The van der Waals surface area contributed by atoms with Gasteiger partial charge in [-0.2, -0.15) is 0 Å². The van der Waals surface area contributed by atoms with E-state index in [1.54, 1.807) is 24.5 Å². The molecule has 9 heteroatoms. The molecule has 0 aliphatic carbocycles. The summed E-state index contributed by atoms with van der Waals surface area (Å²) in [6, 6.07) is 12.3. The van der Waals surface area contributed by atoms with Gasteiger partial charge in [0.2, 0.25) is 0 Å². The van der Waals surface area contributed by atoms with E-state index in [0.29, 0.717) is 57.7 Å². The summed E-state index contributed by atoms with van der Waals surface area (Å²) in [7, 11) is 0. The van der Waals surface area contributed by atoms with Gasteiger partial charge in [0, 0.05) is 0 Å².